The van der Waals surface area contributed by atoms with E-state index >= 15 is 0 Å². The molecule has 20 heavy (non-hydrogen) atoms. The molecule has 0 aromatic heterocycles. The van der Waals surface area contributed by atoms with E-state index in [0.717, 1.165) is 19.4 Å². The summed E-state index contributed by atoms with van der Waals surface area (Å²) >= 11 is 0. The minimum atomic E-state index is -0.657. The maximum atomic E-state index is 10.3. The van der Waals surface area contributed by atoms with Gasteiger partial charge in [-0.15, -0.1) is 0 Å². The highest BCUT2D eigenvalue weighted by Crippen LogP contribution is 2.12. The lowest BCUT2D eigenvalue weighted by Crippen LogP contribution is -2.13. The minimum Gasteiger partial charge on any atom is -0.481 e. The van der Waals surface area contributed by atoms with E-state index in [0.29, 0.717) is 6.42 Å². The van der Waals surface area contributed by atoms with Crippen LogP contribution in [-0.4, -0.2) is 24.2 Å². The fraction of sp³-hybridized carbons (Fsp3) is 0.941. The lowest BCUT2D eigenvalue weighted by Gasteiger charge is -2.03. The Hall–Kier alpha value is -0.570. The Morgan fingerprint density at radius 1 is 0.750 bits per heavy atom. The Morgan fingerprint density at radius 2 is 1.15 bits per heavy atom. The third-order valence-electron chi connectivity index (χ3n) is 3.74. The fourth-order valence-corrected chi connectivity index (χ4v) is 2.47. The molecule has 3 nitrogen and oxygen atoms in total. The predicted molar refractivity (Wildman–Crippen MR) is 86.2 cm³/mol. The molecule has 0 aliphatic rings. The third kappa shape index (κ3) is 17.4. The molecule has 2 N–H and O–H groups in total. The van der Waals surface area contributed by atoms with Crippen LogP contribution in [0.15, 0.2) is 0 Å². The number of hydrogen-bond donors (Lipinski definition) is 2. The minimum absolute atomic E-state index is 0.341. The summed E-state index contributed by atoms with van der Waals surface area (Å²) in [6, 6.07) is 0. The second-order valence-corrected chi connectivity index (χ2v) is 5.74. The number of aliphatic carboxylic acids is 1. The molecule has 0 aliphatic heterocycles. The van der Waals surface area contributed by atoms with Gasteiger partial charge in [0.25, 0.3) is 0 Å². The number of unbranched alkanes of at least 4 members (excludes halogenated alkanes) is 11. The maximum absolute atomic E-state index is 10.3. The Bertz CT molecular complexity index is 207. The quantitative estimate of drug-likeness (QED) is 0.402. The van der Waals surface area contributed by atoms with Crippen molar-refractivity contribution in [3.63, 3.8) is 0 Å². The van der Waals surface area contributed by atoms with Gasteiger partial charge in [-0.2, -0.15) is 0 Å². The zero-order valence-corrected chi connectivity index (χ0v) is 13.5. The lowest BCUT2D eigenvalue weighted by atomic mass is 10.0. The highest BCUT2D eigenvalue weighted by molar-refractivity contribution is 5.66. The average Bonchev–Trinajstić information content (AvgIpc) is 2.43. The molecule has 0 saturated carbocycles. The van der Waals surface area contributed by atoms with E-state index in [2.05, 4.69) is 12.2 Å². The Balaban J connectivity index is 2.94. The first-order valence-electron chi connectivity index (χ1n) is 8.70. The van der Waals surface area contributed by atoms with E-state index in [1.54, 1.807) is 0 Å². The van der Waals surface area contributed by atoms with Crippen molar-refractivity contribution in [3.8, 4) is 0 Å². The normalized spacial score (nSPS) is 10.8. The summed E-state index contributed by atoms with van der Waals surface area (Å²) in [4.78, 5) is 10.3. The number of carboxylic acids is 1. The number of nitrogens with one attached hydrogen (secondary N) is 1. The van der Waals surface area contributed by atoms with E-state index in [-0.39, 0.29) is 0 Å². The molecular formula is C17H35NO2. The van der Waals surface area contributed by atoms with Crippen molar-refractivity contribution in [1.29, 1.82) is 0 Å². The molecule has 0 aliphatic carbocycles. The van der Waals surface area contributed by atoms with E-state index < -0.39 is 5.97 Å². The van der Waals surface area contributed by atoms with Crippen LogP contribution >= 0.6 is 0 Å². The summed E-state index contributed by atoms with van der Waals surface area (Å²) in [5.41, 5.74) is 0. The van der Waals surface area contributed by atoms with Gasteiger partial charge >= 0.3 is 5.97 Å². The van der Waals surface area contributed by atoms with Crippen LogP contribution in [0, 0.1) is 0 Å². The molecule has 0 heterocycles. The van der Waals surface area contributed by atoms with Crippen molar-refractivity contribution < 1.29 is 9.90 Å². The van der Waals surface area contributed by atoms with Gasteiger partial charge in [-0.05, 0) is 25.9 Å². The maximum Gasteiger partial charge on any atom is 0.303 e. The van der Waals surface area contributed by atoms with Crippen molar-refractivity contribution in [2.75, 3.05) is 13.1 Å². The zero-order chi connectivity index (χ0) is 14.9. The van der Waals surface area contributed by atoms with Crippen LogP contribution < -0.4 is 5.32 Å². The zero-order valence-electron chi connectivity index (χ0n) is 13.5. The fourth-order valence-electron chi connectivity index (χ4n) is 2.47. The number of rotatable bonds is 16. The van der Waals surface area contributed by atoms with Gasteiger partial charge in [0.15, 0.2) is 0 Å². The Morgan fingerprint density at radius 3 is 1.55 bits per heavy atom. The number of hydrogen-bond acceptors (Lipinski definition) is 2. The topological polar surface area (TPSA) is 49.3 Å². The summed E-state index contributed by atoms with van der Waals surface area (Å²) in [5.74, 6) is -0.657. The van der Waals surface area contributed by atoms with Crippen LogP contribution in [-0.2, 0) is 4.79 Å². The molecule has 0 radical (unpaired) electrons. The first-order valence-corrected chi connectivity index (χ1v) is 8.70. The molecule has 0 amide bonds. The van der Waals surface area contributed by atoms with Crippen LogP contribution in [0.2, 0.25) is 0 Å². The van der Waals surface area contributed by atoms with Crippen LogP contribution in [0.5, 0.6) is 0 Å². The highest BCUT2D eigenvalue weighted by atomic mass is 16.4. The molecular weight excluding hydrogens is 250 g/mol. The van der Waals surface area contributed by atoms with Gasteiger partial charge in [0.2, 0.25) is 0 Å². The van der Waals surface area contributed by atoms with E-state index in [1.165, 1.54) is 70.8 Å². The van der Waals surface area contributed by atoms with Crippen LogP contribution in [0.25, 0.3) is 0 Å². The highest BCUT2D eigenvalue weighted by Gasteiger charge is 1.97. The van der Waals surface area contributed by atoms with Gasteiger partial charge in [0.1, 0.15) is 0 Å². The van der Waals surface area contributed by atoms with E-state index in [1.807, 2.05) is 0 Å². The molecule has 0 aromatic carbocycles. The molecule has 0 bridgehead atoms. The second kappa shape index (κ2) is 16.5. The standard InChI is InChI=1S/C17H35NO2/c1-2-18-16-14-12-10-8-6-4-3-5-7-9-11-13-15-17(19)20/h18H,2-16H2,1H3,(H,19,20). The molecule has 0 rings (SSSR count). The first kappa shape index (κ1) is 19.4. The summed E-state index contributed by atoms with van der Waals surface area (Å²) < 4.78 is 0. The summed E-state index contributed by atoms with van der Waals surface area (Å²) in [6.07, 6.45) is 15.7. The molecule has 0 atom stereocenters. The molecule has 0 fully saturated rings. The largest absolute Gasteiger partial charge is 0.481 e. The van der Waals surface area contributed by atoms with Crippen LogP contribution in [0.4, 0.5) is 0 Å². The van der Waals surface area contributed by atoms with Gasteiger partial charge in [0, 0.05) is 6.42 Å². The summed E-state index contributed by atoms with van der Waals surface area (Å²) in [6.45, 7) is 4.43. The van der Waals surface area contributed by atoms with Gasteiger partial charge in [-0.1, -0.05) is 71.1 Å². The lowest BCUT2D eigenvalue weighted by molar-refractivity contribution is -0.137. The molecule has 0 aromatic rings. The van der Waals surface area contributed by atoms with Crippen LogP contribution in [0.1, 0.15) is 90.4 Å². The van der Waals surface area contributed by atoms with Crippen molar-refractivity contribution in [2.45, 2.75) is 90.4 Å². The Labute approximate surface area is 125 Å². The average molecular weight is 285 g/mol. The van der Waals surface area contributed by atoms with E-state index in [4.69, 9.17) is 5.11 Å². The van der Waals surface area contributed by atoms with Crippen molar-refractivity contribution in [2.24, 2.45) is 0 Å². The second-order valence-electron chi connectivity index (χ2n) is 5.74. The molecule has 3 heteroatoms. The van der Waals surface area contributed by atoms with Crippen molar-refractivity contribution in [3.05, 3.63) is 0 Å². The van der Waals surface area contributed by atoms with Crippen molar-refractivity contribution in [1.82, 2.24) is 5.32 Å². The molecule has 0 unspecified atom stereocenters. The monoisotopic (exact) mass is 285 g/mol. The smallest absolute Gasteiger partial charge is 0.303 e. The molecule has 0 spiro atoms. The van der Waals surface area contributed by atoms with Gasteiger partial charge in [-0.25, -0.2) is 0 Å². The van der Waals surface area contributed by atoms with Gasteiger partial charge < -0.3 is 10.4 Å². The first-order chi connectivity index (χ1) is 9.77. The molecule has 0 saturated heterocycles. The summed E-state index contributed by atoms with van der Waals surface area (Å²) in [5, 5.41) is 11.9. The number of carbonyl (C=O) groups is 1. The Kier molecular flexibility index (Phi) is 16.0. The number of carboxylic acid groups (broad SMARTS) is 1. The molecule has 120 valence electrons. The van der Waals surface area contributed by atoms with E-state index in [9.17, 15) is 4.79 Å². The summed E-state index contributed by atoms with van der Waals surface area (Å²) in [7, 11) is 0. The predicted octanol–water partition coefficient (Wildman–Crippen LogP) is 4.75. The van der Waals surface area contributed by atoms with Gasteiger partial charge in [-0.3, -0.25) is 4.79 Å². The van der Waals surface area contributed by atoms with Crippen molar-refractivity contribution >= 4 is 5.97 Å². The third-order valence-corrected chi connectivity index (χ3v) is 3.74. The van der Waals surface area contributed by atoms with Gasteiger partial charge in [0.05, 0.1) is 0 Å². The SMILES string of the molecule is CCNCCCCCCCCCCCCCCC(=O)O. The van der Waals surface area contributed by atoms with Crippen LogP contribution in [0.3, 0.4) is 0 Å².